The number of nitrogens with zero attached hydrogens (tertiary/aromatic N) is 2. The van der Waals surface area contributed by atoms with Crippen LogP contribution in [0.15, 0.2) is 16.9 Å². The predicted octanol–water partition coefficient (Wildman–Crippen LogP) is 0.866. The third-order valence-corrected chi connectivity index (χ3v) is 4.45. The first kappa shape index (κ1) is 16.2. The normalized spacial score (nSPS) is 22.1. The molecule has 1 aromatic heterocycles. The quantitative estimate of drug-likeness (QED) is 0.874. The van der Waals surface area contributed by atoms with Crippen LogP contribution in [0.3, 0.4) is 0 Å². The maximum atomic E-state index is 12.9. The van der Waals surface area contributed by atoms with Gasteiger partial charge in [0.05, 0.1) is 12.7 Å². The number of ether oxygens (including phenoxy) is 1. The molecule has 6 heteroatoms. The molecule has 2 fully saturated rings. The monoisotopic (exact) mass is 319 g/mol. The Hall–Kier alpha value is -1.66. The lowest BCUT2D eigenvalue weighted by atomic mass is 10.2. The highest BCUT2D eigenvalue weighted by molar-refractivity contribution is 5.92. The summed E-state index contributed by atoms with van der Waals surface area (Å²) in [5.74, 6) is 0.492. The Labute approximate surface area is 136 Å². The molecule has 1 saturated carbocycles. The molecule has 1 N–H and O–H groups in total. The highest BCUT2D eigenvalue weighted by Gasteiger charge is 2.30. The van der Waals surface area contributed by atoms with Gasteiger partial charge in [-0.3, -0.25) is 9.59 Å². The van der Waals surface area contributed by atoms with Crippen molar-refractivity contribution in [2.45, 2.75) is 25.9 Å². The topological polar surface area (TPSA) is 65.6 Å². The molecule has 1 aliphatic carbocycles. The van der Waals surface area contributed by atoms with Crippen molar-refractivity contribution in [1.82, 2.24) is 14.8 Å². The number of hydrogen-bond acceptors (Lipinski definition) is 4. The molecule has 1 unspecified atom stereocenters. The van der Waals surface area contributed by atoms with Crippen LogP contribution in [0.1, 0.15) is 28.9 Å². The van der Waals surface area contributed by atoms with Crippen molar-refractivity contribution >= 4 is 5.91 Å². The van der Waals surface area contributed by atoms with Crippen molar-refractivity contribution in [3.63, 3.8) is 0 Å². The Morgan fingerprint density at radius 2 is 2.17 bits per heavy atom. The van der Waals surface area contributed by atoms with Gasteiger partial charge in [-0.05, 0) is 44.4 Å². The summed E-state index contributed by atoms with van der Waals surface area (Å²) < 4.78 is 5.81. The van der Waals surface area contributed by atoms with E-state index in [1.54, 1.807) is 6.07 Å². The minimum Gasteiger partial charge on any atom is -0.374 e. The molecule has 2 aliphatic rings. The molecule has 1 aromatic rings. The van der Waals surface area contributed by atoms with Crippen molar-refractivity contribution in [3.8, 4) is 0 Å². The third-order valence-electron chi connectivity index (χ3n) is 4.45. The van der Waals surface area contributed by atoms with Gasteiger partial charge in [-0.25, -0.2) is 0 Å². The number of carbonyl (C=O) groups is 1. The van der Waals surface area contributed by atoms with Crippen molar-refractivity contribution < 1.29 is 9.53 Å². The highest BCUT2D eigenvalue weighted by Crippen LogP contribution is 2.30. The summed E-state index contributed by atoms with van der Waals surface area (Å²) in [7, 11) is 2.07. The van der Waals surface area contributed by atoms with E-state index in [0.29, 0.717) is 24.8 Å². The van der Waals surface area contributed by atoms with Crippen LogP contribution < -0.4 is 5.56 Å². The lowest BCUT2D eigenvalue weighted by molar-refractivity contribution is -0.0332. The summed E-state index contributed by atoms with van der Waals surface area (Å²) >= 11 is 0. The number of likely N-dealkylation sites (N-methyl/N-ethyl adjacent to an activating group) is 1. The van der Waals surface area contributed by atoms with Gasteiger partial charge in [0, 0.05) is 32.2 Å². The van der Waals surface area contributed by atoms with E-state index in [1.807, 2.05) is 11.8 Å². The van der Waals surface area contributed by atoms with Gasteiger partial charge in [0.25, 0.3) is 5.91 Å². The molecule has 1 aliphatic heterocycles. The molecule has 2 heterocycles. The molecule has 0 bridgehead atoms. The minimum atomic E-state index is -0.228. The Kier molecular flexibility index (Phi) is 4.82. The summed E-state index contributed by atoms with van der Waals surface area (Å²) in [5.41, 5.74) is 0.949. The van der Waals surface area contributed by atoms with Crippen LogP contribution in [-0.2, 0) is 4.74 Å². The first-order valence-electron chi connectivity index (χ1n) is 8.31. The van der Waals surface area contributed by atoms with E-state index < -0.39 is 0 Å². The zero-order valence-electron chi connectivity index (χ0n) is 13.9. The fourth-order valence-electron chi connectivity index (χ4n) is 3.04. The molecule has 0 aromatic carbocycles. The van der Waals surface area contributed by atoms with Crippen LogP contribution in [0.5, 0.6) is 0 Å². The largest absolute Gasteiger partial charge is 0.374 e. The number of aromatic amines is 1. The maximum absolute atomic E-state index is 12.9. The number of amides is 1. The van der Waals surface area contributed by atoms with Gasteiger partial charge in [-0.1, -0.05) is 0 Å². The third kappa shape index (κ3) is 4.42. The molecule has 1 saturated heterocycles. The molecule has 0 spiro atoms. The van der Waals surface area contributed by atoms with Crippen molar-refractivity contribution in [1.29, 1.82) is 0 Å². The highest BCUT2D eigenvalue weighted by atomic mass is 16.5. The molecule has 1 atom stereocenters. The number of H-pyrrole nitrogens is 1. The van der Waals surface area contributed by atoms with Gasteiger partial charge in [-0.15, -0.1) is 0 Å². The molecule has 0 radical (unpaired) electrons. The van der Waals surface area contributed by atoms with Gasteiger partial charge < -0.3 is 19.5 Å². The summed E-state index contributed by atoms with van der Waals surface area (Å²) in [6, 6.07) is 3.25. The van der Waals surface area contributed by atoms with Gasteiger partial charge in [0.15, 0.2) is 0 Å². The van der Waals surface area contributed by atoms with Gasteiger partial charge in [-0.2, -0.15) is 0 Å². The van der Waals surface area contributed by atoms with Crippen molar-refractivity contribution in [2.24, 2.45) is 5.92 Å². The second-order valence-electron chi connectivity index (χ2n) is 6.84. The summed E-state index contributed by atoms with van der Waals surface area (Å²) in [6.07, 6.45) is 2.40. The van der Waals surface area contributed by atoms with E-state index in [9.17, 15) is 9.59 Å². The Morgan fingerprint density at radius 1 is 1.39 bits per heavy atom. The Bertz CT molecular complexity index is 624. The fourth-order valence-corrected chi connectivity index (χ4v) is 3.04. The lowest BCUT2D eigenvalue weighted by Crippen LogP contribution is -2.48. The standard InChI is InChI=1S/C17H25N3O3/c1-12-7-15(18-16(21)8-12)17(22)20(9-13-3-4-13)11-14-10-19(2)5-6-23-14/h7-8,13-14H,3-6,9-11H2,1-2H3,(H,18,21). The van der Waals surface area contributed by atoms with E-state index in [-0.39, 0.29) is 17.6 Å². The van der Waals surface area contributed by atoms with E-state index in [2.05, 4.69) is 16.9 Å². The van der Waals surface area contributed by atoms with Crippen LogP contribution in [0.25, 0.3) is 0 Å². The van der Waals surface area contributed by atoms with E-state index in [1.165, 1.54) is 18.9 Å². The Morgan fingerprint density at radius 3 is 2.83 bits per heavy atom. The van der Waals surface area contributed by atoms with Gasteiger partial charge in [0.1, 0.15) is 5.69 Å². The smallest absolute Gasteiger partial charge is 0.270 e. The molecule has 126 valence electrons. The SMILES string of the molecule is Cc1cc(C(=O)N(CC2CC2)CC2CN(C)CCO2)[nH]c(=O)c1. The number of carbonyl (C=O) groups excluding carboxylic acids is 1. The number of nitrogens with one attached hydrogen (secondary N) is 1. The zero-order valence-corrected chi connectivity index (χ0v) is 13.9. The van der Waals surface area contributed by atoms with Crippen molar-refractivity contribution in [3.05, 3.63) is 33.7 Å². The number of morpholine rings is 1. The first-order valence-corrected chi connectivity index (χ1v) is 8.31. The fraction of sp³-hybridized carbons (Fsp3) is 0.647. The molecule has 23 heavy (non-hydrogen) atoms. The van der Waals surface area contributed by atoms with Crippen LogP contribution in [0.4, 0.5) is 0 Å². The average Bonchev–Trinajstić information content (AvgIpc) is 3.29. The van der Waals surface area contributed by atoms with E-state index in [4.69, 9.17) is 4.74 Å². The molecule has 6 nitrogen and oxygen atoms in total. The summed E-state index contributed by atoms with van der Waals surface area (Å²) in [5, 5.41) is 0. The van der Waals surface area contributed by atoms with Crippen LogP contribution in [-0.4, -0.2) is 66.6 Å². The van der Waals surface area contributed by atoms with E-state index in [0.717, 1.165) is 25.2 Å². The second-order valence-corrected chi connectivity index (χ2v) is 6.84. The lowest BCUT2D eigenvalue weighted by Gasteiger charge is -2.34. The maximum Gasteiger partial charge on any atom is 0.270 e. The number of rotatable bonds is 5. The first-order chi connectivity index (χ1) is 11.0. The molecule has 3 rings (SSSR count). The molecule has 1 amide bonds. The van der Waals surface area contributed by atoms with Crippen LogP contribution in [0, 0.1) is 12.8 Å². The van der Waals surface area contributed by atoms with Gasteiger partial charge in [0.2, 0.25) is 5.56 Å². The predicted molar refractivity (Wildman–Crippen MR) is 87.7 cm³/mol. The van der Waals surface area contributed by atoms with Gasteiger partial charge >= 0.3 is 0 Å². The molecular formula is C17H25N3O3. The van der Waals surface area contributed by atoms with Crippen LogP contribution in [0.2, 0.25) is 0 Å². The summed E-state index contributed by atoms with van der Waals surface area (Å²) in [4.78, 5) is 31.3. The number of pyridine rings is 1. The number of aromatic nitrogens is 1. The number of hydrogen-bond donors (Lipinski definition) is 1. The minimum absolute atomic E-state index is 0.0352. The molecular weight excluding hydrogens is 294 g/mol. The average molecular weight is 319 g/mol. The summed E-state index contributed by atoms with van der Waals surface area (Å²) in [6.45, 7) is 5.62. The Balaban J connectivity index is 1.74. The number of aryl methyl sites for hydroxylation is 1. The second kappa shape index (κ2) is 6.84. The zero-order chi connectivity index (χ0) is 16.4. The van der Waals surface area contributed by atoms with E-state index >= 15 is 0 Å². The van der Waals surface area contributed by atoms with Crippen molar-refractivity contribution in [2.75, 3.05) is 39.8 Å². The van der Waals surface area contributed by atoms with Crippen LogP contribution >= 0.6 is 0 Å².